The molecule has 1 aromatic heterocycles. The van der Waals surface area contributed by atoms with Crippen molar-refractivity contribution in [3.63, 3.8) is 0 Å². The number of hydrogen-bond donors (Lipinski definition) is 1. The molecule has 130 valence electrons. The molecule has 26 heavy (non-hydrogen) atoms. The molecule has 0 amide bonds. The maximum Gasteiger partial charge on any atom is 0.189 e. The van der Waals surface area contributed by atoms with Crippen molar-refractivity contribution in [3.05, 3.63) is 71.5 Å². The number of aromatic nitrogens is 2. The summed E-state index contributed by atoms with van der Waals surface area (Å²) in [6, 6.07) is 14.5. The molecule has 4 rings (SSSR count). The molecule has 0 saturated heterocycles. The molecule has 0 spiro atoms. The van der Waals surface area contributed by atoms with Gasteiger partial charge in [-0.15, -0.1) is 0 Å². The SMILES string of the molecule is CNC(=S)N1N=C(c2ccc(C)cc2)CC1c1cccc2nccnc12. The maximum absolute atomic E-state index is 5.51. The summed E-state index contributed by atoms with van der Waals surface area (Å²) in [5, 5.41) is 10.3. The second kappa shape index (κ2) is 6.80. The first kappa shape index (κ1) is 16.6. The first-order chi connectivity index (χ1) is 12.7. The van der Waals surface area contributed by atoms with Crippen LogP contribution in [0.3, 0.4) is 0 Å². The van der Waals surface area contributed by atoms with Gasteiger partial charge in [0.2, 0.25) is 0 Å². The smallest absolute Gasteiger partial charge is 0.189 e. The van der Waals surface area contributed by atoms with Gasteiger partial charge in [0.1, 0.15) is 0 Å². The zero-order valence-electron chi connectivity index (χ0n) is 14.7. The van der Waals surface area contributed by atoms with Crippen LogP contribution in [0.25, 0.3) is 11.0 Å². The number of benzene rings is 2. The van der Waals surface area contributed by atoms with E-state index in [1.807, 2.05) is 24.2 Å². The monoisotopic (exact) mass is 361 g/mol. The predicted octanol–water partition coefficient (Wildman–Crippen LogP) is 3.59. The molecular weight excluding hydrogens is 342 g/mol. The van der Waals surface area contributed by atoms with E-state index in [2.05, 4.69) is 52.5 Å². The van der Waals surface area contributed by atoms with E-state index < -0.39 is 0 Å². The van der Waals surface area contributed by atoms with Gasteiger partial charge in [-0.2, -0.15) is 5.10 Å². The van der Waals surface area contributed by atoms with E-state index in [0.717, 1.165) is 34.3 Å². The van der Waals surface area contributed by atoms with Crippen molar-refractivity contribution in [1.29, 1.82) is 0 Å². The predicted molar refractivity (Wildman–Crippen MR) is 108 cm³/mol. The number of aryl methyl sites for hydroxylation is 1. The number of fused-ring (bicyclic) bond motifs is 1. The second-order valence-electron chi connectivity index (χ2n) is 6.30. The van der Waals surface area contributed by atoms with Gasteiger partial charge in [0.05, 0.1) is 22.8 Å². The van der Waals surface area contributed by atoms with Crippen LogP contribution >= 0.6 is 12.2 Å². The van der Waals surface area contributed by atoms with Gasteiger partial charge in [0.15, 0.2) is 5.11 Å². The van der Waals surface area contributed by atoms with Gasteiger partial charge in [-0.3, -0.25) is 9.97 Å². The van der Waals surface area contributed by atoms with E-state index >= 15 is 0 Å². The molecule has 1 atom stereocenters. The Hall–Kier alpha value is -2.86. The molecule has 1 aliphatic heterocycles. The molecule has 2 heterocycles. The zero-order valence-corrected chi connectivity index (χ0v) is 15.5. The lowest BCUT2D eigenvalue weighted by atomic mass is 9.97. The summed E-state index contributed by atoms with van der Waals surface area (Å²) in [6.07, 6.45) is 4.20. The van der Waals surface area contributed by atoms with Crippen LogP contribution in [-0.2, 0) is 0 Å². The lowest BCUT2D eigenvalue weighted by Crippen LogP contribution is -2.34. The topological polar surface area (TPSA) is 53.4 Å². The molecular formula is C20H19N5S. The van der Waals surface area contributed by atoms with Crippen molar-refractivity contribution in [2.24, 2.45) is 5.10 Å². The molecule has 1 aliphatic rings. The van der Waals surface area contributed by atoms with Crippen molar-refractivity contribution < 1.29 is 0 Å². The molecule has 0 aliphatic carbocycles. The fourth-order valence-electron chi connectivity index (χ4n) is 3.26. The molecule has 5 nitrogen and oxygen atoms in total. The van der Waals surface area contributed by atoms with E-state index in [-0.39, 0.29) is 6.04 Å². The lowest BCUT2D eigenvalue weighted by molar-refractivity contribution is 0.368. The van der Waals surface area contributed by atoms with E-state index in [9.17, 15) is 0 Å². The van der Waals surface area contributed by atoms with Crippen molar-refractivity contribution in [2.75, 3.05) is 7.05 Å². The van der Waals surface area contributed by atoms with Gasteiger partial charge in [-0.05, 0) is 30.8 Å². The summed E-state index contributed by atoms with van der Waals surface area (Å²) in [7, 11) is 1.82. The maximum atomic E-state index is 5.51. The second-order valence-corrected chi connectivity index (χ2v) is 6.69. The Morgan fingerprint density at radius 3 is 2.65 bits per heavy atom. The molecule has 0 bridgehead atoms. The normalized spacial score (nSPS) is 16.6. The van der Waals surface area contributed by atoms with E-state index in [4.69, 9.17) is 17.3 Å². The molecule has 6 heteroatoms. The summed E-state index contributed by atoms with van der Waals surface area (Å²) in [5.41, 5.74) is 6.23. The Morgan fingerprint density at radius 1 is 1.12 bits per heavy atom. The third-order valence-corrected chi connectivity index (χ3v) is 5.00. The van der Waals surface area contributed by atoms with Gasteiger partial charge in [-0.25, -0.2) is 5.01 Å². The highest BCUT2D eigenvalue weighted by atomic mass is 32.1. The third-order valence-electron chi connectivity index (χ3n) is 4.61. The zero-order chi connectivity index (χ0) is 18.1. The van der Waals surface area contributed by atoms with Crippen molar-refractivity contribution >= 4 is 34.1 Å². The summed E-state index contributed by atoms with van der Waals surface area (Å²) < 4.78 is 0. The van der Waals surface area contributed by atoms with Crippen LogP contribution in [0.15, 0.2) is 60.0 Å². The minimum absolute atomic E-state index is 0.00773. The van der Waals surface area contributed by atoms with Crippen LogP contribution in [0, 0.1) is 6.92 Å². The van der Waals surface area contributed by atoms with E-state index in [0.29, 0.717) is 5.11 Å². The molecule has 0 fully saturated rings. The molecule has 0 saturated carbocycles. The van der Waals surface area contributed by atoms with Crippen LogP contribution in [0.2, 0.25) is 0 Å². The number of hydrogen-bond acceptors (Lipinski definition) is 4. The quantitative estimate of drug-likeness (QED) is 0.707. The van der Waals surface area contributed by atoms with Gasteiger partial charge in [0, 0.05) is 31.4 Å². The number of para-hydroxylation sites is 1. The van der Waals surface area contributed by atoms with Crippen LogP contribution in [0.1, 0.15) is 29.2 Å². The summed E-state index contributed by atoms with van der Waals surface area (Å²) >= 11 is 5.51. The largest absolute Gasteiger partial charge is 0.364 e. The third kappa shape index (κ3) is 2.93. The van der Waals surface area contributed by atoms with Crippen LogP contribution in [-0.4, -0.2) is 32.8 Å². The number of rotatable bonds is 2. The Morgan fingerprint density at radius 2 is 1.88 bits per heavy atom. The average molecular weight is 361 g/mol. The molecule has 3 aromatic rings. The highest BCUT2D eigenvalue weighted by molar-refractivity contribution is 7.80. The molecule has 1 unspecified atom stereocenters. The summed E-state index contributed by atoms with van der Waals surface area (Å²) in [4.78, 5) is 8.97. The number of hydrazone groups is 1. The average Bonchev–Trinajstić information content (AvgIpc) is 3.12. The Balaban J connectivity index is 1.78. The minimum Gasteiger partial charge on any atom is -0.364 e. The van der Waals surface area contributed by atoms with Crippen LogP contribution in [0.4, 0.5) is 0 Å². The lowest BCUT2D eigenvalue weighted by Gasteiger charge is -2.24. The highest BCUT2D eigenvalue weighted by Gasteiger charge is 2.32. The molecule has 0 radical (unpaired) electrons. The Bertz CT molecular complexity index is 991. The first-order valence-corrected chi connectivity index (χ1v) is 8.93. The number of nitrogens with zero attached hydrogens (tertiary/aromatic N) is 4. The van der Waals surface area contributed by atoms with Crippen molar-refractivity contribution in [1.82, 2.24) is 20.3 Å². The van der Waals surface area contributed by atoms with Gasteiger partial charge < -0.3 is 5.32 Å². The van der Waals surface area contributed by atoms with Crippen LogP contribution < -0.4 is 5.32 Å². The Labute approximate surface area is 157 Å². The van der Waals surface area contributed by atoms with E-state index in [1.165, 1.54) is 5.56 Å². The standard InChI is InChI=1S/C20H19N5S/c1-13-6-8-14(9-7-13)17-12-18(25(24-17)20(26)21-2)15-4-3-5-16-19(15)23-11-10-22-16/h3-11,18H,12H2,1-2H3,(H,21,26). The van der Waals surface area contributed by atoms with Crippen LogP contribution in [0.5, 0.6) is 0 Å². The highest BCUT2D eigenvalue weighted by Crippen LogP contribution is 2.35. The minimum atomic E-state index is -0.00773. The summed E-state index contributed by atoms with van der Waals surface area (Å²) in [6.45, 7) is 2.08. The molecule has 2 aromatic carbocycles. The fraction of sp³-hybridized carbons (Fsp3) is 0.200. The summed E-state index contributed by atoms with van der Waals surface area (Å²) in [5.74, 6) is 0. The fourth-order valence-corrected chi connectivity index (χ4v) is 3.43. The number of thiocarbonyl (C=S) groups is 1. The Kier molecular flexibility index (Phi) is 4.34. The first-order valence-electron chi connectivity index (χ1n) is 8.52. The molecule has 1 N–H and O–H groups in total. The number of nitrogens with one attached hydrogen (secondary N) is 1. The van der Waals surface area contributed by atoms with Gasteiger partial charge >= 0.3 is 0 Å². The van der Waals surface area contributed by atoms with Gasteiger partial charge in [0.25, 0.3) is 0 Å². The van der Waals surface area contributed by atoms with E-state index in [1.54, 1.807) is 12.4 Å². The van der Waals surface area contributed by atoms with Crippen molar-refractivity contribution in [2.45, 2.75) is 19.4 Å². The van der Waals surface area contributed by atoms with Gasteiger partial charge in [-0.1, -0.05) is 42.0 Å². The van der Waals surface area contributed by atoms with Crippen molar-refractivity contribution in [3.8, 4) is 0 Å².